The molecule has 1 heterocycles. The summed E-state index contributed by atoms with van der Waals surface area (Å²) in [6.07, 6.45) is 2.56. The lowest BCUT2D eigenvalue weighted by molar-refractivity contribution is 0.378. The first kappa shape index (κ1) is 15.6. The molecule has 0 radical (unpaired) electrons. The molecule has 0 atom stereocenters. The Morgan fingerprint density at radius 1 is 1.33 bits per heavy atom. The summed E-state index contributed by atoms with van der Waals surface area (Å²) in [5.74, 6) is 0.807. The lowest BCUT2D eigenvalue weighted by Crippen LogP contribution is -2.34. The Balaban J connectivity index is 0.00000162. The first-order valence-electron chi connectivity index (χ1n) is 6.35. The van der Waals surface area contributed by atoms with Gasteiger partial charge < -0.3 is 10.2 Å². The number of hydrogen-bond donors (Lipinski definition) is 1. The van der Waals surface area contributed by atoms with E-state index < -0.39 is 0 Å². The largest absolute Gasteiger partial charge is 0.374 e. The van der Waals surface area contributed by atoms with Gasteiger partial charge in [0.1, 0.15) is 0 Å². The molecular weight excluding hydrogens is 267 g/mol. The van der Waals surface area contributed by atoms with Crippen LogP contribution in [0.15, 0.2) is 18.2 Å². The highest BCUT2D eigenvalue weighted by Gasteiger charge is 2.15. The van der Waals surface area contributed by atoms with Gasteiger partial charge in [0.2, 0.25) is 0 Å². The monoisotopic (exact) mass is 288 g/mol. The van der Waals surface area contributed by atoms with Crippen LogP contribution in [0.5, 0.6) is 0 Å². The van der Waals surface area contributed by atoms with Crippen molar-refractivity contribution in [3.8, 4) is 0 Å². The number of aryl methyl sites for hydroxylation is 1. The zero-order valence-corrected chi connectivity index (χ0v) is 12.7. The Morgan fingerprint density at radius 3 is 2.61 bits per heavy atom. The molecule has 0 unspecified atom stereocenters. The molecule has 1 saturated heterocycles. The Kier molecular flexibility index (Phi) is 6.27. The van der Waals surface area contributed by atoms with Gasteiger partial charge in [-0.15, -0.1) is 12.4 Å². The van der Waals surface area contributed by atoms with Gasteiger partial charge >= 0.3 is 0 Å². The molecular formula is C14H22Cl2N2. The zero-order valence-electron chi connectivity index (χ0n) is 11.1. The van der Waals surface area contributed by atoms with Gasteiger partial charge in [-0.3, -0.25) is 0 Å². The summed E-state index contributed by atoms with van der Waals surface area (Å²) in [6.45, 7) is 5.49. The molecule has 1 aliphatic rings. The molecule has 0 saturated carbocycles. The molecule has 4 heteroatoms. The summed E-state index contributed by atoms with van der Waals surface area (Å²) in [7, 11) is 2.16. The Hall–Kier alpha value is -0.440. The van der Waals surface area contributed by atoms with Crippen molar-refractivity contribution in [1.82, 2.24) is 5.32 Å². The van der Waals surface area contributed by atoms with Crippen molar-refractivity contribution >= 4 is 29.7 Å². The van der Waals surface area contributed by atoms with Crippen LogP contribution in [0.3, 0.4) is 0 Å². The van der Waals surface area contributed by atoms with E-state index in [1.807, 2.05) is 6.92 Å². The van der Waals surface area contributed by atoms with Crippen molar-refractivity contribution in [2.24, 2.45) is 5.92 Å². The molecule has 0 aromatic heterocycles. The van der Waals surface area contributed by atoms with Gasteiger partial charge in [-0.1, -0.05) is 17.7 Å². The Labute approximate surface area is 121 Å². The maximum Gasteiger partial charge on any atom is 0.0455 e. The molecule has 2 nitrogen and oxygen atoms in total. The zero-order chi connectivity index (χ0) is 12.3. The van der Waals surface area contributed by atoms with Crippen LogP contribution in [0.1, 0.15) is 18.4 Å². The molecule has 1 N–H and O–H groups in total. The smallest absolute Gasteiger partial charge is 0.0455 e. The highest BCUT2D eigenvalue weighted by Crippen LogP contribution is 2.24. The van der Waals surface area contributed by atoms with Crippen molar-refractivity contribution < 1.29 is 0 Å². The fraction of sp³-hybridized carbons (Fsp3) is 0.571. The number of benzene rings is 1. The Morgan fingerprint density at radius 2 is 2.00 bits per heavy atom. The second-order valence-corrected chi connectivity index (χ2v) is 5.41. The third kappa shape index (κ3) is 4.04. The lowest BCUT2D eigenvalue weighted by Gasteiger charge is -2.29. The summed E-state index contributed by atoms with van der Waals surface area (Å²) in [5, 5.41) is 4.27. The molecule has 0 bridgehead atoms. The van der Waals surface area contributed by atoms with Crippen LogP contribution in [0.25, 0.3) is 0 Å². The quantitative estimate of drug-likeness (QED) is 0.916. The van der Waals surface area contributed by atoms with E-state index in [1.54, 1.807) is 0 Å². The van der Waals surface area contributed by atoms with E-state index in [2.05, 4.69) is 35.5 Å². The Bertz CT molecular complexity index is 376. The normalized spacial score (nSPS) is 16.2. The minimum Gasteiger partial charge on any atom is -0.374 e. The summed E-state index contributed by atoms with van der Waals surface area (Å²) >= 11 is 6.16. The van der Waals surface area contributed by atoms with E-state index >= 15 is 0 Å². The molecule has 2 rings (SSSR count). The predicted molar refractivity (Wildman–Crippen MR) is 82.3 cm³/mol. The molecule has 0 amide bonds. The highest BCUT2D eigenvalue weighted by atomic mass is 35.5. The minimum atomic E-state index is 0. The van der Waals surface area contributed by atoms with E-state index in [4.69, 9.17) is 11.6 Å². The van der Waals surface area contributed by atoms with E-state index in [9.17, 15) is 0 Å². The molecule has 1 aliphatic heterocycles. The molecule has 1 aromatic carbocycles. The molecule has 0 spiro atoms. The van der Waals surface area contributed by atoms with E-state index in [-0.39, 0.29) is 12.4 Å². The van der Waals surface area contributed by atoms with Crippen molar-refractivity contribution in [3.05, 3.63) is 28.8 Å². The van der Waals surface area contributed by atoms with Crippen LogP contribution in [-0.4, -0.2) is 26.7 Å². The van der Waals surface area contributed by atoms with Gasteiger partial charge in [0.05, 0.1) is 0 Å². The van der Waals surface area contributed by atoms with Crippen molar-refractivity contribution in [2.75, 3.05) is 31.6 Å². The van der Waals surface area contributed by atoms with Crippen molar-refractivity contribution in [1.29, 1.82) is 0 Å². The van der Waals surface area contributed by atoms with Gasteiger partial charge in [0.25, 0.3) is 0 Å². The van der Waals surface area contributed by atoms with Gasteiger partial charge in [0.15, 0.2) is 0 Å². The fourth-order valence-electron chi connectivity index (χ4n) is 2.38. The highest BCUT2D eigenvalue weighted by molar-refractivity contribution is 6.31. The maximum absolute atomic E-state index is 6.16. The van der Waals surface area contributed by atoms with Crippen LogP contribution in [0.4, 0.5) is 5.69 Å². The van der Waals surface area contributed by atoms with Crippen molar-refractivity contribution in [2.45, 2.75) is 19.8 Å². The topological polar surface area (TPSA) is 15.3 Å². The van der Waals surface area contributed by atoms with Crippen molar-refractivity contribution in [3.63, 3.8) is 0 Å². The van der Waals surface area contributed by atoms with E-state index in [0.717, 1.165) is 36.1 Å². The molecule has 102 valence electrons. The van der Waals surface area contributed by atoms with Crippen LogP contribution in [-0.2, 0) is 0 Å². The fourth-order valence-corrected chi connectivity index (χ4v) is 2.55. The van der Waals surface area contributed by atoms with Gasteiger partial charge in [-0.05, 0) is 56.5 Å². The summed E-state index contributed by atoms with van der Waals surface area (Å²) in [6, 6.07) is 6.32. The average Bonchev–Trinajstić information content (AvgIpc) is 2.34. The number of anilines is 1. The van der Waals surface area contributed by atoms with Crippen LogP contribution in [0, 0.1) is 12.8 Å². The number of hydrogen-bond acceptors (Lipinski definition) is 2. The minimum absolute atomic E-state index is 0. The first-order chi connectivity index (χ1) is 8.16. The molecule has 1 aromatic rings. The number of piperidine rings is 1. The third-order valence-corrected chi connectivity index (χ3v) is 3.99. The molecule has 1 fully saturated rings. The summed E-state index contributed by atoms with van der Waals surface area (Å²) in [5.41, 5.74) is 2.37. The predicted octanol–water partition coefficient (Wildman–Crippen LogP) is 3.51. The summed E-state index contributed by atoms with van der Waals surface area (Å²) in [4.78, 5) is 2.32. The third-order valence-electron chi connectivity index (χ3n) is 3.59. The van der Waals surface area contributed by atoms with Gasteiger partial charge in [0, 0.05) is 24.3 Å². The SMILES string of the molecule is Cc1ccc(N(C)CC2CCNCC2)cc1Cl.Cl. The number of nitrogens with one attached hydrogen (secondary N) is 1. The average molecular weight is 289 g/mol. The van der Waals surface area contributed by atoms with Crippen LogP contribution < -0.4 is 10.2 Å². The first-order valence-corrected chi connectivity index (χ1v) is 6.72. The number of rotatable bonds is 3. The number of nitrogens with zero attached hydrogens (tertiary/aromatic N) is 1. The second-order valence-electron chi connectivity index (χ2n) is 5.01. The molecule has 18 heavy (non-hydrogen) atoms. The standard InChI is InChI=1S/C14H21ClN2.ClH/c1-11-3-4-13(9-14(11)15)17(2)10-12-5-7-16-8-6-12;/h3-4,9,12,16H,5-8,10H2,1-2H3;1H. The number of halogens is 2. The summed E-state index contributed by atoms with van der Waals surface area (Å²) < 4.78 is 0. The van der Waals surface area contributed by atoms with Gasteiger partial charge in [-0.2, -0.15) is 0 Å². The second kappa shape index (κ2) is 7.22. The lowest BCUT2D eigenvalue weighted by atomic mass is 9.97. The van der Waals surface area contributed by atoms with Crippen LogP contribution in [0.2, 0.25) is 5.02 Å². The molecule has 0 aliphatic carbocycles. The van der Waals surface area contributed by atoms with E-state index in [0.29, 0.717) is 0 Å². The van der Waals surface area contributed by atoms with Crippen LogP contribution >= 0.6 is 24.0 Å². The van der Waals surface area contributed by atoms with E-state index in [1.165, 1.54) is 18.5 Å². The van der Waals surface area contributed by atoms with Gasteiger partial charge in [-0.25, -0.2) is 0 Å². The maximum atomic E-state index is 6.16.